The number of para-hydroxylation sites is 1. The van der Waals surface area contributed by atoms with E-state index in [1.54, 1.807) is 13.2 Å². The fourth-order valence-electron chi connectivity index (χ4n) is 2.43. The van der Waals surface area contributed by atoms with Gasteiger partial charge in [0.15, 0.2) is 0 Å². The highest BCUT2D eigenvalue weighted by Crippen LogP contribution is 2.30. The Kier molecular flexibility index (Phi) is 5.51. The Hall–Kier alpha value is -1.22. The monoisotopic (exact) mass is 323 g/mol. The van der Waals surface area contributed by atoms with Crippen LogP contribution in [0, 0.1) is 0 Å². The molecule has 0 saturated carbocycles. The van der Waals surface area contributed by atoms with Gasteiger partial charge in [0.2, 0.25) is 0 Å². The largest absolute Gasteiger partial charge is 0.496 e. The molecule has 2 atom stereocenters. The summed E-state index contributed by atoms with van der Waals surface area (Å²) in [6, 6.07) is 13.8. The zero-order valence-electron chi connectivity index (χ0n) is 12.4. The van der Waals surface area contributed by atoms with Crippen LogP contribution in [0.3, 0.4) is 0 Å². The normalized spacial score (nSPS) is 13.8. The van der Waals surface area contributed by atoms with E-state index < -0.39 is 0 Å². The second-order valence-corrected chi connectivity index (χ2v) is 5.86. The first-order valence-corrected chi connectivity index (χ1v) is 7.62. The average molecular weight is 324 g/mol. The molecule has 2 aromatic carbocycles. The van der Waals surface area contributed by atoms with E-state index in [4.69, 9.17) is 27.9 Å². The van der Waals surface area contributed by atoms with Gasteiger partial charge in [-0.1, -0.05) is 47.5 Å². The molecule has 0 amide bonds. The Morgan fingerprint density at radius 1 is 0.952 bits per heavy atom. The zero-order chi connectivity index (χ0) is 15.4. The number of halogens is 2. The molecule has 2 nitrogen and oxygen atoms in total. The van der Waals surface area contributed by atoms with Crippen LogP contribution in [0.15, 0.2) is 42.5 Å². The first kappa shape index (κ1) is 16.2. The molecule has 0 spiro atoms. The third kappa shape index (κ3) is 3.91. The lowest BCUT2D eigenvalue weighted by molar-refractivity contribution is 0.396. The molecule has 0 bridgehead atoms. The smallest absolute Gasteiger partial charge is 0.123 e. The Labute approximate surface area is 136 Å². The molecule has 0 aromatic heterocycles. The Balaban J connectivity index is 2.16. The minimum Gasteiger partial charge on any atom is -0.496 e. The van der Waals surface area contributed by atoms with Crippen molar-refractivity contribution >= 4 is 23.2 Å². The summed E-state index contributed by atoms with van der Waals surface area (Å²) in [4.78, 5) is 0. The topological polar surface area (TPSA) is 21.3 Å². The highest BCUT2D eigenvalue weighted by molar-refractivity contribution is 6.35. The van der Waals surface area contributed by atoms with Gasteiger partial charge in [0.1, 0.15) is 5.75 Å². The molecule has 21 heavy (non-hydrogen) atoms. The summed E-state index contributed by atoms with van der Waals surface area (Å²) in [5.41, 5.74) is 2.15. The second-order valence-electron chi connectivity index (χ2n) is 5.02. The van der Waals surface area contributed by atoms with E-state index in [0.717, 1.165) is 16.9 Å². The molecule has 112 valence electrons. The molecule has 0 saturated heterocycles. The summed E-state index contributed by atoms with van der Waals surface area (Å²) in [6.07, 6.45) is 0. The van der Waals surface area contributed by atoms with Crippen LogP contribution in [0.1, 0.15) is 37.1 Å². The van der Waals surface area contributed by atoms with E-state index in [9.17, 15) is 0 Å². The molecule has 4 heteroatoms. The maximum Gasteiger partial charge on any atom is 0.123 e. The SMILES string of the molecule is COc1ccccc1[C@H](C)NC(C)c1ccc(Cl)cc1Cl. The van der Waals surface area contributed by atoms with Gasteiger partial charge in [0.25, 0.3) is 0 Å². The van der Waals surface area contributed by atoms with Gasteiger partial charge in [-0.3, -0.25) is 0 Å². The number of benzene rings is 2. The van der Waals surface area contributed by atoms with E-state index in [1.807, 2.05) is 30.3 Å². The van der Waals surface area contributed by atoms with Gasteiger partial charge < -0.3 is 10.1 Å². The summed E-state index contributed by atoms with van der Waals surface area (Å²) >= 11 is 12.2. The number of hydrogen-bond donors (Lipinski definition) is 1. The quantitative estimate of drug-likeness (QED) is 0.793. The van der Waals surface area contributed by atoms with E-state index in [-0.39, 0.29) is 12.1 Å². The molecule has 2 rings (SSSR count). The molecular formula is C17H19Cl2NO. The van der Waals surface area contributed by atoms with E-state index in [2.05, 4.69) is 25.2 Å². The van der Waals surface area contributed by atoms with Crippen LogP contribution in [-0.2, 0) is 0 Å². The van der Waals surface area contributed by atoms with Crippen molar-refractivity contribution in [3.8, 4) is 5.75 Å². The van der Waals surface area contributed by atoms with Gasteiger partial charge in [0.05, 0.1) is 7.11 Å². The van der Waals surface area contributed by atoms with Gasteiger partial charge in [-0.05, 0) is 37.6 Å². The van der Waals surface area contributed by atoms with E-state index in [1.165, 1.54) is 0 Å². The summed E-state index contributed by atoms with van der Waals surface area (Å²) in [7, 11) is 1.69. The number of nitrogens with one attached hydrogen (secondary N) is 1. The molecule has 0 aliphatic heterocycles. The van der Waals surface area contributed by atoms with Crippen molar-refractivity contribution < 1.29 is 4.74 Å². The van der Waals surface area contributed by atoms with Crippen molar-refractivity contribution in [2.24, 2.45) is 0 Å². The zero-order valence-corrected chi connectivity index (χ0v) is 13.9. The lowest BCUT2D eigenvalue weighted by atomic mass is 10.0. The van der Waals surface area contributed by atoms with Gasteiger partial charge >= 0.3 is 0 Å². The molecule has 0 aliphatic carbocycles. The molecule has 0 radical (unpaired) electrons. The molecule has 2 aromatic rings. The minimum atomic E-state index is 0.106. The van der Waals surface area contributed by atoms with Crippen molar-refractivity contribution in [2.45, 2.75) is 25.9 Å². The first-order valence-electron chi connectivity index (χ1n) is 6.87. The second kappa shape index (κ2) is 7.17. The van der Waals surface area contributed by atoms with Gasteiger partial charge in [-0.2, -0.15) is 0 Å². The van der Waals surface area contributed by atoms with Crippen LogP contribution < -0.4 is 10.1 Å². The first-order chi connectivity index (χ1) is 10.0. The lowest BCUT2D eigenvalue weighted by Gasteiger charge is -2.23. The maximum absolute atomic E-state index is 6.26. The van der Waals surface area contributed by atoms with Gasteiger partial charge in [-0.15, -0.1) is 0 Å². The van der Waals surface area contributed by atoms with Crippen LogP contribution in [-0.4, -0.2) is 7.11 Å². The summed E-state index contributed by atoms with van der Waals surface area (Å²) in [6.45, 7) is 4.19. The fraction of sp³-hybridized carbons (Fsp3) is 0.294. The Morgan fingerprint density at radius 3 is 2.29 bits per heavy atom. The minimum absolute atomic E-state index is 0.106. The van der Waals surface area contributed by atoms with Crippen molar-refractivity contribution in [3.63, 3.8) is 0 Å². The van der Waals surface area contributed by atoms with Crippen LogP contribution in [0.4, 0.5) is 0 Å². The van der Waals surface area contributed by atoms with Crippen LogP contribution in [0.5, 0.6) is 5.75 Å². The predicted molar refractivity (Wildman–Crippen MR) is 89.4 cm³/mol. The highest BCUT2D eigenvalue weighted by atomic mass is 35.5. The van der Waals surface area contributed by atoms with Crippen molar-refractivity contribution in [3.05, 3.63) is 63.6 Å². The third-order valence-electron chi connectivity index (χ3n) is 3.53. The summed E-state index contributed by atoms with van der Waals surface area (Å²) in [5.74, 6) is 0.881. The van der Waals surface area contributed by atoms with Crippen LogP contribution in [0.2, 0.25) is 10.0 Å². The standard InChI is InChI=1S/C17H19Cl2NO/c1-11(14-9-8-13(18)10-16(14)19)20-12(2)15-6-4-5-7-17(15)21-3/h4-12,20H,1-3H3/t11?,12-/m0/s1. The number of ether oxygens (including phenoxy) is 1. The number of methoxy groups -OCH3 is 1. The lowest BCUT2D eigenvalue weighted by Crippen LogP contribution is -2.23. The molecule has 0 aliphatic rings. The summed E-state index contributed by atoms with van der Waals surface area (Å²) < 4.78 is 5.41. The molecular weight excluding hydrogens is 305 g/mol. The predicted octanol–water partition coefficient (Wildman–Crippen LogP) is 5.41. The van der Waals surface area contributed by atoms with Gasteiger partial charge in [0, 0.05) is 27.7 Å². The van der Waals surface area contributed by atoms with E-state index >= 15 is 0 Å². The average Bonchev–Trinajstić information content (AvgIpc) is 2.46. The molecule has 1 unspecified atom stereocenters. The Bertz CT molecular complexity index is 615. The number of rotatable bonds is 5. The number of hydrogen-bond acceptors (Lipinski definition) is 2. The highest BCUT2D eigenvalue weighted by Gasteiger charge is 2.16. The fourth-order valence-corrected chi connectivity index (χ4v) is 3.00. The summed E-state index contributed by atoms with van der Waals surface area (Å²) in [5, 5.41) is 4.86. The van der Waals surface area contributed by atoms with Gasteiger partial charge in [-0.25, -0.2) is 0 Å². The Morgan fingerprint density at radius 2 is 1.62 bits per heavy atom. The van der Waals surface area contributed by atoms with E-state index in [0.29, 0.717) is 10.0 Å². The molecule has 1 N–H and O–H groups in total. The van der Waals surface area contributed by atoms with Crippen molar-refractivity contribution in [1.82, 2.24) is 5.32 Å². The van der Waals surface area contributed by atoms with Crippen LogP contribution in [0.25, 0.3) is 0 Å². The van der Waals surface area contributed by atoms with Crippen LogP contribution >= 0.6 is 23.2 Å². The van der Waals surface area contributed by atoms with Crippen molar-refractivity contribution in [2.75, 3.05) is 7.11 Å². The molecule has 0 heterocycles. The third-order valence-corrected chi connectivity index (χ3v) is 4.10. The molecule has 0 fully saturated rings. The maximum atomic E-state index is 6.26. The van der Waals surface area contributed by atoms with Crippen molar-refractivity contribution in [1.29, 1.82) is 0 Å².